The van der Waals surface area contributed by atoms with Gasteiger partial charge in [-0.1, -0.05) is 56.3 Å². The van der Waals surface area contributed by atoms with Crippen molar-refractivity contribution in [3.8, 4) is 0 Å². The Morgan fingerprint density at radius 2 is 1.70 bits per heavy atom. The highest BCUT2D eigenvalue weighted by Gasteiger charge is 2.04. The van der Waals surface area contributed by atoms with Crippen LogP contribution in [0.5, 0.6) is 0 Å². The maximum atomic E-state index is 12.0. The maximum absolute atomic E-state index is 12.0. The average molecular weight is 267 g/mol. The summed E-state index contributed by atoms with van der Waals surface area (Å²) in [4.78, 5) is 12.0. The monoisotopic (exact) mass is 267 g/mol. The molecule has 2 heteroatoms. The van der Waals surface area contributed by atoms with Gasteiger partial charge in [-0.15, -0.1) is 0 Å². The number of rotatable bonds is 5. The standard InChI is InChI=1S/C18H21NO/c1-14(2)11-15-7-6-8-16(12-15)13-19-18(20)17-9-4-3-5-10-17/h3-10,12,14H,11,13H2,1-2H3,(H,19,20). The van der Waals surface area contributed by atoms with Gasteiger partial charge in [0.1, 0.15) is 0 Å². The van der Waals surface area contributed by atoms with Gasteiger partial charge >= 0.3 is 0 Å². The van der Waals surface area contributed by atoms with Crippen molar-refractivity contribution in [3.63, 3.8) is 0 Å². The number of amides is 1. The van der Waals surface area contributed by atoms with Gasteiger partial charge in [-0.2, -0.15) is 0 Å². The number of benzene rings is 2. The van der Waals surface area contributed by atoms with Crippen molar-refractivity contribution in [2.24, 2.45) is 5.92 Å². The van der Waals surface area contributed by atoms with Crippen LogP contribution in [0, 0.1) is 5.92 Å². The van der Waals surface area contributed by atoms with Gasteiger partial charge in [0.2, 0.25) is 0 Å². The Balaban J connectivity index is 1.95. The van der Waals surface area contributed by atoms with Gasteiger partial charge in [-0.25, -0.2) is 0 Å². The molecule has 0 fully saturated rings. The molecular formula is C18H21NO. The first-order valence-electron chi connectivity index (χ1n) is 7.06. The Morgan fingerprint density at radius 1 is 1.00 bits per heavy atom. The van der Waals surface area contributed by atoms with E-state index in [0.717, 1.165) is 12.0 Å². The second-order valence-electron chi connectivity index (χ2n) is 5.47. The second-order valence-corrected chi connectivity index (χ2v) is 5.47. The molecule has 0 atom stereocenters. The fourth-order valence-corrected chi connectivity index (χ4v) is 2.21. The summed E-state index contributed by atoms with van der Waals surface area (Å²) in [5.41, 5.74) is 3.17. The fraction of sp³-hybridized carbons (Fsp3) is 0.278. The molecule has 20 heavy (non-hydrogen) atoms. The molecule has 0 aliphatic rings. The molecule has 2 aromatic carbocycles. The number of nitrogens with one attached hydrogen (secondary N) is 1. The second kappa shape index (κ2) is 6.90. The third-order valence-corrected chi connectivity index (χ3v) is 3.12. The Labute approximate surface area is 120 Å². The molecule has 0 saturated carbocycles. The summed E-state index contributed by atoms with van der Waals surface area (Å²) in [6, 6.07) is 17.7. The van der Waals surface area contributed by atoms with Gasteiger partial charge in [0.05, 0.1) is 0 Å². The minimum Gasteiger partial charge on any atom is -0.348 e. The van der Waals surface area contributed by atoms with E-state index in [9.17, 15) is 4.79 Å². The van der Waals surface area contributed by atoms with Crippen molar-refractivity contribution < 1.29 is 4.79 Å². The number of carbonyl (C=O) groups is 1. The maximum Gasteiger partial charge on any atom is 0.251 e. The highest BCUT2D eigenvalue weighted by molar-refractivity contribution is 5.94. The highest BCUT2D eigenvalue weighted by Crippen LogP contribution is 2.10. The van der Waals surface area contributed by atoms with Crippen molar-refractivity contribution in [2.75, 3.05) is 0 Å². The van der Waals surface area contributed by atoms with Crippen molar-refractivity contribution in [1.82, 2.24) is 5.32 Å². The quantitative estimate of drug-likeness (QED) is 0.876. The summed E-state index contributed by atoms with van der Waals surface area (Å²) < 4.78 is 0. The van der Waals surface area contributed by atoms with Crippen LogP contribution in [0.15, 0.2) is 54.6 Å². The summed E-state index contributed by atoms with van der Waals surface area (Å²) >= 11 is 0. The minimum absolute atomic E-state index is 0.0279. The van der Waals surface area contributed by atoms with E-state index >= 15 is 0 Å². The van der Waals surface area contributed by atoms with Crippen LogP contribution >= 0.6 is 0 Å². The first kappa shape index (κ1) is 14.3. The molecule has 0 aromatic heterocycles. The number of hydrogen-bond acceptors (Lipinski definition) is 1. The lowest BCUT2D eigenvalue weighted by Crippen LogP contribution is -2.22. The van der Waals surface area contributed by atoms with Gasteiger partial charge in [0, 0.05) is 12.1 Å². The molecule has 0 bridgehead atoms. The minimum atomic E-state index is -0.0279. The normalized spacial score (nSPS) is 10.6. The molecule has 0 aliphatic heterocycles. The first-order valence-corrected chi connectivity index (χ1v) is 7.06. The van der Waals surface area contributed by atoms with Crippen LogP contribution in [0.1, 0.15) is 35.3 Å². The summed E-state index contributed by atoms with van der Waals surface area (Å²) in [6.45, 7) is 4.99. The van der Waals surface area contributed by atoms with E-state index in [4.69, 9.17) is 0 Å². The van der Waals surface area contributed by atoms with Crippen LogP contribution in [0.4, 0.5) is 0 Å². The molecule has 0 heterocycles. The molecule has 104 valence electrons. The molecule has 0 spiro atoms. The lowest BCUT2D eigenvalue weighted by Gasteiger charge is -2.09. The van der Waals surface area contributed by atoms with Crippen LogP contribution in [-0.2, 0) is 13.0 Å². The van der Waals surface area contributed by atoms with E-state index < -0.39 is 0 Å². The highest BCUT2D eigenvalue weighted by atomic mass is 16.1. The lowest BCUT2D eigenvalue weighted by atomic mass is 10.0. The Hall–Kier alpha value is -2.09. The van der Waals surface area contributed by atoms with Gasteiger partial charge < -0.3 is 5.32 Å². The molecule has 2 rings (SSSR count). The zero-order valence-corrected chi connectivity index (χ0v) is 12.1. The van der Waals surface area contributed by atoms with E-state index in [1.165, 1.54) is 5.56 Å². The SMILES string of the molecule is CC(C)Cc1cccc(CNC(=O)c2ccccc2)c1. The third-order valence-electron chi connectivity index (χ3n) is 3.12. The molecule has 0 radical (unpaired) electrons. The molecular weight excluding hydrogens is 246 g/mol. The first-order chi connectivity index (χ1) is 9.65. The van der Waals surface area contributed by atoms with Crippen molar-refractivity contribution >= 4 is 5.91 Å². The topological polar surface area (TPSA) is 29.1 Å². The van der Waals surface area contributed by atoms with Crippen LogP contribution < -0.4 is 5.32 Å². The predicted octanol–water partition coefficient (Wildman–Crippen LogP) is 3.82. The summed E-state index contributed by atoms with van der Waals surface area (Å²) in [5, 5.41) is 2.96. The Kier molecular flexibility index (Phi) is 4.94. The summed E-state index contributed by atoms with van der Waals surface area (Å²) in [6.07, 6.45) is 1.07. The van der Waals surface area contributed by atoms with Crippen LogP contribution in [0.2, 0.25) is 0 Å². The largest absolute Gasteiger partial charge is 0.348 e. The van der Waals surface area contributed by atoms with Gasteiger partial charge in [-0.05, 0) is 35.6 Å². The van der Waals surface area contributed by atoms with Crippen LogP contribution in [0.3, 0.4) is 0 Å². The van der Waals surface area contributed by atoms with E-state index in [0.29, 0.717) is 18.0 Å². The zero-order valence-electron chi connectivity index (χ0n) is 12.1. The van der Waals surface area contributed by atoms with E-state index in [1.54, 1.807) is 0 Å². The van der Waals surface area contributed by atoms with E-state index in [2.05, 4.69) is 43.4 Å². The molecule has 1 N–H and O–H groups in total. The molecule has 0 unspecified atom stereocenters. The Bertz CT molecular complexity index is 561. The number of carbonyl (C=O) groups excluding carboxylic acids is 1. The van der Waals surface area contributed by atoms with Crippen molar-refractivity contribution in [2.45, 2.75) is 26.8 Å². The number of hydrogen-bond donors (Lipinski definition) is 1. The smallest absolute Gasteiger partial charge is 0.251 e. The lowest BCUT2D eigenvalue weighted by molar-refractivity contribution is 0.0951. The van der Waals surface area contributed by atoms with Gasteiger partial charge in [0.15, 0.2) is 0 Å². The fourth-order valence-electron chi connectivity index (χ4n) is 2.21. The molecule has 1 amide bonds. The summed E-state index contributed by atoms with van der Waals surface area (Å²) in [5.74, 6) is 0.615. The van der Waals surface area contributed by atoms with E-state index in [-0.39, 0.29) is 5.91 Å². The molecule has 2 aromatic rings. The van der Waals surface area contributed by atoms with Crippen LogP contribution in [-0.4, -0.2) is 5.91 Å². The van der Waals surface area contributed by atoms with Gasteiger partial charge in [-0.3, -0.25) is 4.79 Å². The average Bonchev–Trinajstić information content (AvgIpc) is 2.45. The molecule has 0 saturated heterocycles. The van der Waals surface area contributed by atoms with Gasteiger partial charge in [0.25, 0.3) is 5.91 Å². The third kappa shape index (κ3) is 4.23. The molecule has 0 aliphatic carbocycles. The predicted molar refractivity (Wildman–Crippen MR) is 82.6 cm³/mol. The Morgan fingerprint density at radius 3 is 2.40 bits per heavy atom. The summed E-state index contributed by atoms with van der Waals surface area (Å²) in [7, 11) is 0. The van der Waals surface area contributed by atoms with Crippen LogP contribution in [0.25, 0.3) is 0 Å². The zero-order chi connectivity index (χ0) is 14.4. The van der Waals surface area contributed by atoms with E-state index in [1.807, 2.05) is 30.3 Å². The van der Waals surface area contributed by atoms with Crippen molar-refractivity contribution in [3.05, 3.63) is 71.3 Å². The van der Waals surface area contributed by atoms with Crippen molar-refractivity contribution in [1.29, 1.82) is 0 Å². The molecule has 2 nitrogen and oxygen atoms in total.